The van der Waals surface area contributed by atoms with E-state index in [1.54, 1.807) is 0 Å². The number of hydrogen-bond donors (Lipinski definition) is 2. The summed E-state index contributed by atoms with van der Waals surface area (Å²) in [6.07, 6.45) is 3.44. The van der Waals surface area contributed by atoms with Crippen LogP contribution < -0.4 is 5.73 Å². The predicted octanol–water partition coefficient (Wildman–Crippen LogP) is 4.60. The van der Waals surface area contributed by atoms with E-state index in [1.807, 2.05) is 58.0 Å². The largest absolute Gasteiger partial charge is 0.472 e. The van der Waals surface area contributed by atoms with Gasteiger partial charge in [-0.05, 0) is 32.3 Å². The number of benzene rings is 1. The highest BCUT2D eigenvalue weighted by atomic mass is 31.2. The number of unbranched alkanes of at least 4 members (excludes halogenated alkanes) is 2. The van der Waals surface area contributed by atoms with Crippen LogP contribution in [0.15, 0.2) is 30.3 Å². The minimum atomic E-state index is -3.75. The molecule has 0 heterocycles. The molecule has 0 amide bonds. The first-order chi connectivity index (χ1) is 10.7. The summed E-state index contributed by atoms with van der Waals surface area (Å²) in [5.74, 6) is 0. The lowest BCUT2D eigenvalue weighted by atomic mass is 9.96. The lowest BCUT2D eigenvalue weighted by Gasteiger charge is -2.18. The average Bonchev–Trinajstić information content (AvgIpc) is 2.48. The lowest BCUT2D eigenvalue weighted by molar-refractivity contribution is 0.146. The van der Waals surface area contributed by atoms with Crippen LogP contribution in [-0.2, 0) is 19.2 Å². The van der Waals surface area contributed by atoms with Gasteiger partial charge in [0.05, 0.1) is 13.2 Å². The molecule has 0 fully saturated rings. The summed E-state index contributed by atoms with van der Waals surface area (Å²) in [7, 11) is -3.75. The Morgan fingerprint density at radius 3 is 1.78 bits per heavy atom. The molecule has 1 aromatic rings. The molecule has 0 saturated heterocycles. The highest BCUT2D eigenvalue weighted by Gasteiger charge is 2.19. The van der Waals surface area contributed by atoms with Crippen LogP contribution in [0, 0.1) is 0 Å². The predicted molar refractivity (Wildman–Crippen MR) is 95.2 cm³/mol. The minimum Gasteiger partial charge on any atom is -0.322 e. The van der Waals surface area contributed by atoms with Gasteiger partial charge in [-0.3, -0.25) is 9.05 Å². The number of rotatable bonds is 9. The molecule has 0 radical (unpaired) electrons. The third-order valence-corrected chi connectivity index (χ3v) is 4.04. The molecule has 6 heteroatoms. The highest BCUT2D eigenvalue weighted by Crippen LogP contribution is 2.43. The molecule has 1 aromatic carbocycles. The Bertz CT molecular complexity index is 432. The molecule has 0 aliphatic rings. The smallest absolute Gasteiger partial charge is 0.322 e. The van der Waals surface area contributed by atoms with Crippen LogP contribution in [0.25, 0.3) is 0 Å². The van der Waals surface area contributed by atoms with E-state index in [0.717, 1.165) is 25.7 Å². The summed E-state index contributed by atoms with van der Waals surface area (Å²) in [4.78, 5) is 9.08. The molecule has 0 saturated carbocycles. The van der Waals surface area contributed by atoms with Crippen LogP contribution in [0.5, 0.6) is 0 Å². The third kappa shape index (κ3) is 12.4. The molecule has 0 aromatic heterocycles. The first-order valence-electron chi connectivity index (χ1n) is 8.19. The van der Waals surface area contributed by atoms with E-state index in [4.69, 9.17) is 19.7 Å². The van der Waals surface area contributed by atoms with Crippen LogP contribution in [-0.4, -0.2) is 18.1 Å². The summed E-state index contributed by atoms with van der Waals surface area (Å²) in [5.41, 5.74) is 6.83. The van der Waals surface area contributed by atoms with Crippen LogP contribution in [0.3, 0.4) is 0 Å². The zero-order chi connectivity index (χ0) is 17.8. The Morgan fingerprint density at radius 2 is 1.48 bits per heavy atom. The SMILES string of the molecule is CC(C)(N)c1ccccc1.CCCCOP(=O)(O)OCCCC. The molecule has 0 unspecified atom stereocenters. The van der Waals surface area contributed by atoms with Crippen molar-refractivity contribution in [1.82, 2.24) is 0 Å². The van der Waals surface area contributed by atoms with Crippen molar-refractivity contribution < 1.29 is 18.5 Å². The fourth-order valence-electron chi connectivity index (χ4n) is 1.55. The van der Waals surface area contributed by atoms with E-state index >= 15 is 0 Å². The normalized spacial score (nSPS) is 11.7. The maximum Gasteiger partial charge on any atom is 0.472 e. The first-order valence-corrected chi connectivity index (χ1v) is 9.68. The van der Waals surface area contributed by atoms with Crippen molar-refractivity contribution in [3.8, 4) is 0 Å². The first kappa shape index (κ1) is 22.3. The summed E-state index contributed by atoms with van der Waals surface area (Å²) in [6.45, 7) is 8.56. The molecule has 0 atom stereocenters. The van der Waals surface area contributed by atoms with Crippen molar-refractivity contribution in [2.24, 2.45) is 5.73 Å². The van der Waals surface area contributed by atoms with Crippen molar-refractivity contribution >= 4 is 7.82 Å². The van der Waals surface area contributed by atoms with Crippen LogP contribution in [0.2, 0.25) is 0 Å². The van der Waals surface area contributed by atoms with E-state index in [1.165, 1.54) is 5.56 Å². The van der Waals surface area contributed by atoms with Gasteiger partial charge in [-0.2, -0.15) is 0 Å². The second-order valence-electron chi connectivity index (χ2n) is 5.93. The average molecular weight is 345 g/mol. The van der Waals surface area contributed by atoms with Gasteiger partial charge in [-0.25, -0.2) is 4.57 Å². The standard InChI is InChI=1S/C9H13N.C8H19O4P/c1-9(2,10)8-6-4-3-5-7-8;1-3-5-7-11-13(9,10)12-8-6-4-2/h3-7H,10H2,1-2H3;3-8H2,1-2H3,(H,9,10). The van der Waals surface area contributed by atoms with Crippen LogP contribution in [0.4, 0.5) is 0 Å². The molecule has 0 spiro atoms. The maximum atomic E-state index is 11.1. The van der Waals surface area contributed by atoms with Gasteiger partial charge < -0.3 is 10.6 Å². The number of nitrogens with two attached hydrogens (primary N) is 1. The van der Waals surface area contributed by atoms with Gasteiger partial charge >= 0.3 is 7.82 Å². The van der Waals surface area contributed by atoms with Gasteiger partial charge in [0, 0.05) is 5.54 Å². The zero-order valence-corrected chi connectivity index (χ0v) is 15.7. The van der Waals surface area contributed by atoms with Gasteiger partial charge in [-0.15, -0.1) is 0 Å². The Morgan fingerprint density at radius 1 is 1.04 bits per heavy atom. The van der Waals surface area contributed by atoms with Crippen molar-refractivity contribution in [2.45, 2.75) is 58.9 Å². The summed E-state index contributed by atoms with van der Waals surface area (Å²) in [5, 5.41) is 0. The Hall–Kier alpha value is -0.710. The van der Waals surface area contributed by atoms with Crippen LogP contribution >= 0.6 is 7.82 Å². The van der Waals surface area contributed by atoms with Gasteiger partial charge in [0.1, 0.15) is 0 Å². The fourth-order valence-corrected chi connectivity index (χ4v) is 2.35. The molecular weight excluding hydrogens is 313 g/mol. The number of hydrogen-bond acceptors (Lipinski definition) is 4. The van der Waals surface area contributed by atoms with Gasteiger partial charge in [-0.1, -0.05) is 57.0 Å². The summed E-state index contributed by atoms with van der Waals surface area (Å²) in [6, 6.07) is 10.1. The lowest BCUT2D eigenvalue weighted by Crippen LogP contribution is -2.28. The van der Waals surface area contributed by atoms with Crippen molar-refractivity contribution in [3.05, 3.63) is 35.9 Å². The third-order valence-electron chi connectivity index (χ3n) is 3.02. The quantitative estimate of drug-likeness (QED) is 0.505. The van der Waals surface area contributed by atoms with E-state index in [9.17, 15) is 4.57 Å². The molecule has 0 aliphatic heterocycles. The molecule has 23 heavy (non-hydrogen) atoms. The second-order valence-corrected chi connectivity index (χ2v) is 7.38. The zero-order valence-electron chi connectivity index (χ0n) is 14.8. The molecule has 5 nitrogen and oxygen atoms in total. The van der Waals surface area contributed by atoms with E-state index in [2.05, 4.69) is 0 Å². The van der Waals surface area contributed by atoms with E-state index in [-0.39, 0.29) is 18.8 Å². The maximum absolute atomic E-state index is 11.1. The van der Waals surface area contributed by atoms with E-state index in [0.29, 0.717) is 0 Å². The summed E-state index contributed by atoms with van der Waals surface area (Å²) < 4.78 is 20.5. The summed E-state index contributed by atoms with van der Waals surface area (Å²) >= 11 is 0. The van der Waals surface area contributed by atoms with Gasteiger partial charge in [0.25, 0.3) is 0 Å². The number of phosphoric acid groups is 1. The Kier molecular flexibility index (Phi) is 11.4. The van der Waals surface area contributed by atoms with Crippen molar-refractivity contribution in [2.75, 3.05) is 13.2 Å². The highest BCUT2D eigenvalue weighted by molar-refractivity contribution is 7.47. The number of phosphoric ester groups is 1. The van der Waals surface area contributed by atoms with E-state index < -0.39 is 7.82 Å². The molecule has 134 valence electrons. The second kappa shape index (κ2) is 11.8. The van der Waals surface area contributed by atoms with Crippen molar-refractivity contribution in [3.63, 3.8) is 0 Å². The molecule has 1 rings (SSSR count). The van der Waals surface area contributed by atoms with Crippen molar-refractivity contribution in [1.29, 1.82) is 0 Å². The molecule has 0 aliphatic carbocycles. The van der Waals surface area contributed by atoms with Crippen LogP contribution in [0.1, 0.15) is 58.9 Å². The molecule has 0 bridgehead atoms. The Balaban J connectivity index is 0.000000433. The molecule has 3 N–H and O–H groups in total. The van der Waals surface area contributed by atoms with Gasteiger partial charge in [0.15, 0.2) is 0 Å². The minimum absolute atomic E-state index is 0.207. The fraction of sp³-hybridized carbons (Fsp3) is 0.647. The Labute approximate surface area is 140 Å². The monoisotopic (exact) mass is 345 g/mol. The topological polar surface area (TPSA) is 81.8 Å². The van der Waals surface area contributed by atoms with Gasteiger partial charge in [0.2, 0.25) is 0 Å². The molecular formula is C17H32NO4P.